The Morgan fingerprint density at radius 2 is 1.95 bits per heavy atom. The highest BCUT2D eigenvalue weighted by Gasteiger charge is 2.21. The molecule has 0 spiro atoms. The van der Waals surface area contributed by atoms with E-state index in [1.807, 2.05) is 0 Å². The van der Waals surface area contributed by atoms with Crippen LogP contribution in [0.15, 0.2) is 33.5 Å². The lowest BCUT2D eigenvalue weighted by molar-refractivity contribution is -1.01. The molecule has 2 aromatic rings. The van der Waals surface area contributed by atoms with Gasteiger partial charge in [-0.1, -0.05) is 0 Å². The lowest BCUT2D eigenvalue weighted by atomic mass is 10.1. The minimum Gasteiger partial charge on any atom is -0.508 e. The van der Waals surface area contributed by atoms with Crippen LogP contribution >= 0.6 is 0 Å². The van der Waals surface area contributed by atoms with E-state index in [2.05, 4.69) is 7.05 Å². The second kappa shape index (κ2) is 5.26. The maximum atomic E-state index is 11.6. The highest BCUT2D eigenvalue weighted by Crippen LogP contribution is 2.21. The summed E-state index contributed by atoms with van der Waals surface area (Å²) in [6.07, 6.45) is 0. The number of phenolic OH excluding ortho intramolecular Hbond substituents is 1. The van der Waals surface area contributed by atoms with Gasteiger partial charge in [-0.25, -0.2) is 4.79 Å². The molecule has 0 unspecified atom stereocenters. The van der Waals surface area contributed by atoms with Crippen LogP contribution in [0.2, 0.25) is 0 Å². The van der Waals surface area contributed by atoms with Crippen molar-refractivity contribution in [2.24, 2.45) is 0 Å². The van der Waals surface area contributed by atoms with Crippen molar-refractivity contribution in [2.75, 3.05) is 33.2 Å². The molecule has 0 saturated carbocycles. The van der Waals surface area contributed by atoms with Crippen molar-refractivity contribution in [1.29, 1.82) is 0 Å². The Morgan fingerprint density at radius 3 is 2.70 bits per heavy atom. The van der Waals surface area contributed by atoms with Crippen molar-refractivity contribution in [3.05, 3.63) is 40.2 Å². The first-order valence-electron chi connectivity index (χ1n) is 7.02. The van der Waals surface area contributed by atoms with Crippen molar-refractivity contribution in [3.8, 4) is 5.75 Å². The molecule has 0 aliphatic carbocycles. The molecule has 1 fully saturated rings. The summed E-state index contributed by atoms with van der Waals surface area (Å²) in [6.45, 7) is 5.32. The summed E-state index contributed by atoms with van der Waals surface area (Å²) in [5.74, 6) is 0.199. The van der Waals surface area contributed by atoms with Crippen molar-refractivity contribution in [2.45, 2.75) is 6.54 Å². The Balaban J connectivity index is 1.94. The number of nitrogens with one attached hydrogen (secondary N) is 2. The third-order valence-corrected chi connectivity index (χ3v) is 4.06. The summed E-state index contributed by atoms with van der Waals surface area (Å²) < 4.78 is 5.18. The maximum Gasteiger partial charge on any atom is 0.336 e. The predicted molar refractivity (Wildman–Crippen MR) is 75.2 cm³/mol. The van der Waals surface area contributed by atoms with E-state index in [4.69, 9.17) is 4.42 Å². The van der Waals surface area contributed by atoms with Gasteiger partial charge in [-0.3, -0.25) is 0 Å². The minimum atomic E-state index is -0.322. The molecule has 106 valence electrons. The average molecular weight is 276 g/mol. The zero-order chi connectivity index (χ0) is 14.1. The second-order valence-corrected chi connectivity index (χ2v) is 5.66. The zero-order valence-corrected chi connectivity index (χ0v) is 11.6. The number of rotatable bonds is 2. The lowest BCUT2D eigenvalue weighted by Crippen LogP contribution is -3.26. The molecule has 3 rings (SSSR count). The molecule has 1 saturated heterocycles. The molecule has 0 bridgehead atoms. The second-order valence-electron chi connectivity index (χ2n) is 5.66. The van der Waals surface area contributed by atoms with Gasteiger partial charge in [0.2, 0.25) is 0 Å². The standard InChI is InChI=1S/C15H18N2O3/c1-16-4-6-17(7-5-16)10-11-8-15(19)20-14-3-2-12(18)9-13(11)14/h2-3,8-9,18H,4-7,10H2,1H3/p+2. The van der Waals surface area contributed by atoms with E-state index in [-0.39, 0.29) is 11.4 Å². The topological polar surface area (TPSA) is 59.3 Å². The van der Waals surface area contributed by atoms with E-state index >= 15 is 0 Å². The number of likely N-dealkylation sites (N-methyl/N-ethyl adjacent to an activating group) is 1. The monoisotopic (exact) mass is 276 g/mol. The number of hydrogen-bond acceptors (Lipinski definition) is 3. The Bertz CT molecular complexity index is 672. The molecule has 5 heteroatoms. The minimum absolute atomic E-state index is 0.199. The maximum absolute atomic E-state index is 11.6. The molecule has 0 radical (unpaired) electrons. The molecule has 0 atom stereocenters. The molecule has 1 aliphatic heterocycles. The van der Waals surface area contributed by atoms with Gasteiger partial charge in [0.05, 0.1) is 7.05 Å². The van der Waals surface area contributed by atoms with Crippen LogP contribution in [0.5, 0.6) is 5.75 Å². The molecule has 5 nitrogen and oxygen atoms in total. The van der Waals surface area contributed by atoms with Crippen LogP contribution in [-0.4, -0.2) is 38.3 Å². The van der Waals surface area contributed by atoms with Crippen LogP contribution in [0.3, 0.4) is 0 Å². The smallest absolute Gasteiger partial charge is 0.336 e. The number of aromatic hydroxyl groups is 1. The molecule has 0 amide bonds. The van der Waals surface area contributed by atoms with Crippen LogP contribution < -0.4 is 15.4 Å². The van der Waals surface area contributed by atoms with Crippen LogP contribution in [0.25, 0.3) is 11.0 Å². The first-order valence-corrected chi connectivity index (χ1v) is 7.02. The van der Waals surface area contributed by atoms with Crippen LogP contribution in [0, 0.1) is 0 Å². The summed E-state index contributed by atoms with van der Waals surface area (Å²) in [4.78, 5) is 14.7. The molecule has 3 N–H and O–H groups in total. The van der Waals surface area contributed by atoms with Crippen molar-refractivity contribution in [3.63, 3.8) is 0 Å². The number of benzene rings is 1. The lowest BCUT2D eigenvalue weighted by Gasteiger charge is -2.27. The quantitative estimate of drug-likeness (QED) is 0.580. The van der Waals surface area contributed by atoms with Gasteiger partial charge in [-0.15, -0.1) is 0 Å². The fraction of sp³-hybridized carbons (Fsp3) is 0.400. The highest BCUT2D eigenvalue weighted by molar-refractivity contribution is 5.81. The van der Waals surface area contributed by atoms with Gasteiger partial charge in [0.15, 0.2) is 0 Å². The van der Waals surface area contributed by atoms with E-state index in [0.717, 1.165) is 43.7 Å². The van der Waals surface area contributed by atoms with Crippen molar-refractivity contribution < 1.29 is 19.3 Å². The van der Waals surface area contributed by atoms with Crippen LogP contribution in [0.4, 0.5) is 0 Å². The molecule has 20 heavy (non-hydrogen) atoms. The number of hydrogen-bond donors (Lipinski definition) is 3. The van der Waals surface area contributed by atoms with Crippen LogP contribution in [-0.2, 0) is 6.54 Å². The third kappa shape index (κ3) is 2.69. The largest absolute Gasteiger partial charge is 0.508 e. The fourth-order valence-corrected chi connectivity index (χ4v) is 2.84. The number of fused-ring (bicyclic) bond motifs is 1. The van der Waals surface area contributed by atoms with Crippen LogP contribution in [0.1, 0.15) is 5.56 Å². The molecular formula is C15H20N2O3+2. The first-order chi connectivity index (χ1) is 9.61. The molecule has 1 aliphatic rings. The Morgan fingerprint density at radius 1 is 1.20 bits per heavy atom. The van der Waals surface area contributed by atoms with E-state index < -0.39 is 0 Å². The number of piperazine rings is 1. The van der Waals surface area contributed by atoms with Gasteiger partial charge in [0, 0.05) is 17.0 Å². The van der Waals surface area contributed by atoms with E-state index in [1.54, 1.807) is 29.2 Å². The summed E-state index contributed by atoms with van der Waals surface area (Å²) in [7, 11) is 2.21. The normalized spacial score (nSPS) is 23.1. The Kier molecular flexibility index (Phi) is 3.46. The van der Waals surface area contributed by atoms with E-state index in [1.165, 1.54) is 4.90 Å². The SMILES string of the molecule is C[NH+]1CC[NH+](Cc2cc(=O)oc3ccc(O)cc23)CC1. The fourth-order valence-electron chi connectivity index (χ4n) is 2.84. The van der Waals surface area contributed by atoms with Gasteiger partial charge < -0.3 is 19.3 Å². The van der Waals surface area contributed by atoms with E-state index in [9.17, 15) is 9.90 Å². The van der Waals surface area contributed by atoms with Crippen molar-refractivity contribution in [1.82, 2.24) is 0 Å². The van der Waals surface area contributed by atoms with Crippen molar-refractivity contribution >= 4 is 11.0 Å². The predicted octanol–water partition coefficient (Wildman–Crippen LogP) is -1.59. The molecule has 2 heterocycles. The Labute approximate surface area is 117 Å². The summed E-state index contributed by atoms with van der Waals surface area (Å²) >= 11 is 0. The summed E-state index contributed by atoms with van der Waals surface area (Å²) in [6, 6.07) is 6.43. The molecule has 1 aromatic carbocycles. The van der Waals surface area contributed by atoms with Gasteiger partial charge in [0.25, 0.3) is 0 Å². The van der Waals surface area contributed by atoms with Gasteiger partial charge in [-0.2, -0.15) is 0 Å². The van der Waals surface area contributed by atoms with Gasteiger partial charge in [0.1, 0.15) is 44.1 Å². The first kappa shape index (κ1) is 13.1. The van der Waals surface area contributed by atoms with Gasteiger partial charge >= 0.3 is 5.63 Å². The molecule has 1 aromatic heterocycles. The molecular weight excluding hydrogens is 256 g/mol. The van der Waals surface area contributed by atoms with E-state index in [0.29, 0.717) is 5.58 Å². The van der Waals surface area contributed by atoms with Gasteiger partial charge in [-0.05, 0) is 18.2 Å². The Hall–Kier alpha value is -1.85. The summed E-state index contributed by atoms with van der Waals surface area (Å²) in [5, 5.41) is 10.5. The zero-order valence-electron chi connectivity index (χ0n) is 11.6. The highest BCUT2D eigenvalue weighted by atomic mass is 16.4. The number of quaternary nitrogens is 2. The third-order valence-electron chi connectivity index (χ3n) is 4.06. The summed E-state index contributed by atoms with van der Waals surface area (Å²) in [5.41, 5.74) is 1.18. The number of phenols is 1. The average Bonchev–Trinajstić information content (AvgIpc) is 2.42.